The van der Waals surface area contributed by atoms with Crippen LogP contribution in [0.5, 0.6) is 5.75 Å². The van der Waals surface area contributed by atoms with Crippen LogP contribution in [0.25, 0.3) is 0 Å². The fourth-order valence-corrected chi connectivity index (χ4v) is 2.13. The summed E-state index contributed by atoms with van der Waals surface area (Å²) in [7, 11) is 1.49. The molecule has 136 valence electrons. The zero-order valence-corrected chi connectivity index (χ0v) is 14.5. The summed E-state index contributed by atoms with van der Waals surface area (Å²) >= 11 is 0. The summed E-state index contributed by atoms with van der Waals surface area (Å²) in [5.74, 6) is -1.26. The highest BCUT2D eigenvalue weighted by Gasteiger charge is 2.15. The van der Waals surface area contributed by atoms with Gasteiger partial charge < -0.3 is 19.5 Å². The molecule has 7 nitrogen and oxygen atoms in total. The summed E-state index contributed by atoms with van der Waals surface area (Å²) in [4.78, 5) is 35.9. The van der Waals surface area contributed by atoms with Gasteiger partial charge in [-0.05, 0) is 37.3 Å². The van der Waals surface area contributed by atoms with Crippen LogP contribution in [0.1, 0.15) is 27.6 Å². The lowest BCUT2D eigenvalue weighted by atomic mass is 10.2. The fraction of sp³-hybridized carbons (Fsp3) is 0.211. The second kappa shape index (κ2) is 9.22. The van der Waals surface area contributed by atoms with Gasteiger partial charge in [-0.25, -0.2) is 9.59 Å². The van der Waals surface area contributed by atoms with Crippen LogP contribution in [0.3, 0.4) is 0 Å². The van der Waals surface area contributed by atoms with Crippen molar-refractivity contribution in [3.8, 4) is 5.75 Å². The number of amides is 1. The molecule has 0 aliphatic carbocycles. The number of hydrogen-bond donors (Lipinski definition) is 1. The first kappa shape index (κ1) is 19.0. The molecule has 2 aromatic carbocycles. The van der Waals surface area contributed by atoms with Crippen molar-refractivity contribution in [2.75, 3.05) is 25.6 Å². The first-order valence-electron chi connectivity index (χ1n) is 7.92. The molecule has 0 aliphatic rings. The molecule has 0 saturated carbocycles. The van der Waals surface area contributed by atoms with Gasteiger partial charge in [0.15, 0.2) is 6.61 Å². The van der Waals surface area contributed by atoms with E-state index in [1.807, 2.05) is 0 Å². The quantitative estimate of drug-likeness (QED) is 0.766. The number of carbonyl (C=O) groups excluding carboxylic acids is 3. The number of anilines is 1. The molecular formula is C19H19NO6. The Labute approximate surface area is 150 Å². The van der Waals surface area contributed by atoms with Crippen molar-refractivity contribution in [3.63, 3.8) is 0 Å². The highest BCUT2D eigenvalue weighted by molar-refractivity contribution is 6.02. The molecule has 0 heterocycles. The molecule has 0 bridgehead atoms. The molecule has 0 atom stereocenters. The lowest BCUT2D eigenvalue weighted by Gasteiger charge is -2.10. The van der Waals surface area contributed by atoms with Crippen LogP contribution >= 0.6 is 0 Å². The first-order chi connectivity index (χ1) is 12.5. The van der Waals surface area contributed by atoms with Gasteiger partial charge in [0.2, 0.25) is 0 Å². The molecule has 7 heteroatoms. The van der Waals surface area contributed by atoms with E-state index in [2.05, 4.69) is 5.32 Å². The molecule has 0 aromatic heterocycles. The molecule has 1 amide bonds. The van der Waals surface area contributed by atoms with Crippen LogP contribution in [0, 0.1) is 0 Å². The van der Waals surface area contributed by atoms with Crippen LogP contribution in [0.2, 0.25) is 0 Å². The van der Waals surface area contributed by atoms with Crippen molar-refractivity contribution in [1.82, 2.24) is 0 Å². The molecule has 0 fully saturated rings. The van der Waals surface area contributed by atoms with Gasteiger partial charge in [-0.1, -0.05) is 18.2 Å². The van der Waals surface area contributed by atoms with Gasteiger partial charge in [-0.15, -0.1) is 0 Å². The topological polar surface area (TPSA) is 90.9 Å². The highest BCUT2D eigenvalue weighted by atomic mass is 16.5. The number of benzene rings is 2. The number of para-hydroxylation sites is 1. The van der Waals surface area contributed by atoms with Gasteiger partial charge in [0.25, 0.3) is 5.91 Å². The average Bonchev–Trinajstić information content (AvgIpc) is 2.66. The number of nitrogens with one attached hydrogen (secondary N) is 1. The predicted molar refractivity (Wildman–Crippen MR) is 94.3 cm³/mol. The van der Waals surface area contributed by atoms with Crippen LogP contribution < -0.4 is 10.1 Å². The van der Waals surface area contributed by atoms with Gasteiger partial charge in [0.1, 0.15) is 5.75 Å². The van der Waals surface area contributed by atoms with Gasteiger partial charge in [-0.2, -0.15) is 0 Å². The molecule has 1 N–H and O–H groups in total. The average molecular weight is 357 g/mol. The summed E-state index contributed by atoms with van der Waals surface area (Å²) in [5.41, 5.74) is 0.777. The molecule has 26 heavy (non-hydrogen) atoms. The molecule has 0 saturated heterocycles. The Balaban J connectivity index is 1.97. The number of methoxy groups -OCH3 is 1. The third-order valence-corrected chi connectivity index (χ3v) is 3.34. The first-order valence-corrected chi connectivity index (χ1v) is 7.92. The van der Waals surface area contributed by atoms with Crippen molar-refractivity contribution in [1.29, 1.82) is 0 Å². The summed E-state index contributed by atoms with van der Waals surface area (Å²) in [5, 5.41) is 2.54. The zero-order chi connectivity index (χ0) is 18.9. The normalized spacial score (nSPS) is 9.92. The maximum Gasteiger partial charge on any atom is 0.340 e. The number of ether oxygens (including phenoxy) is 3. The van der Waals surface area contributed by atoms with E-state index in [4.69, 9.17) is 14.2 Å². The van der Waals surface area contributed by atoms with Crippen LogP contribution in [-0.4, -0.2) is 38.2 Å². The maximum absolute atomic E-state index is 12.0. The van der Waals surface area contributed by atoms with Crippen molar-refractivity contribution in [2.45, 2.75) is 6.92 Å². The van der Waals surface area contributed by atoms with E-state index in [1.165, 1.54) is 19.2 Å². The van der Waals surface area contributed by atoms with Crippen molar-refractivity contribution in [3.05, 3.63) is 59.7 Å². The van der Waals surface area contributed by atoms with Gasteiger partial charge >= 0.3 is 11.9 Å². The number of esters is 2. The van der Waals surface area contributed by atoms with E-state index < -0.39 is 24.5 Å². The molecule has 0 unspecified atom stereocenters. The van der Waals surface area contributed by atoms with E-state index in [0.29, 0.717) is 5.75 Å². The number of hydrogen-bond acceptors (Lipinski definition) is 6. The summed E-state index contributed by atoms with van der Waals surface area (Å²) in [6.45, 7) is 1.42. The SMILES string of the molecule is CCOC(=O)c1ccccc1NC(=O)COC(=O)c1cccc(OC)c1. The summed E-state index contributed by atoms with van der Waals surface area (Å²) in [6.07, 6.45) is 0. The Morgan fingerprint density at radius 1 is 0.962 bits per heavy atom. The minimum absolute atomic E-state index is 0.221. The second-order valence-electron chi connectivity index (χ2n) is 5.12. The van der Waals surface area contributed by atoms with Gasteiger partial charge in [0, 0.05) is 0 Å². The van der Waals surface area contributed by atoms with E-state index >= 15 is 0 Å². The fourth-order valence-electron chi connectivity index (χ4n) is 2.13. The molecule has 0 radical (unpaired) electrons. The van der Waals surface area contributed by atoms with Gasteiger partial charge in [-0.3, -0.25) is 4.79 Å². The minimum atomic E-state index is -0.655. The van der Waals surface area contributed by atoms with E-state index in [1.54, 1.807) is 43.3 Å². The van der Waals surface area contributed by atoms with Crippen molar-refractivity contribution in [2.24, 2.45) is 0 Å². The Kier molecular flexibility index (Phi) is 6.73. The largest absolute Gasteiger partial charge is 0.497 e. The number of rotatable bonds is 7. The zero-order valence-electron chi connectivity index (χ0n) is 14.5. The third kappa shape index (κ3) is 5.07. The highest BCUT2D eigenvalue weighted by Crippen LogP contribution is 2.17. The smallest absolute Gasteiger partial charge is 0.340 e. The lowest BCUT2D eigenvalue weighted by molar-refractivity contribution is -0.119. The Hall–Kier alpha value is -3.35. The Morgan fingerprint density at radius 3 is 2.46 bits per heavy atom. The lowest BCUT2D eigenvalue weighted by Crippen LogP contribution is -2.22. The number of carbonyl (C=O) groups is 3. The van der Waals surface area contributed by atoms with Crippen LogP contribution in [0.4, 0.5) is 5.69 Å². The summed E-state index contributed by atoms with van der Waals surface area (Å²) in [6, 6.07) is 12.8. The molecule has 2 aromatic rings. The monoisotopic (exact) mass is 357 g/mol. The van der Waals surface area contributed by atoms with Gasteiger partial charge in [0.05, 0.1) is 30.5 Å². The standard InChI is InChI=1S/C19H19NO6/c1-3-25-19(23)15-9-4-5-10-16(15)20-17(21)12-26-18(22)13-7-6-8-14(11-13)24-2/h4-11H,3,12H2,1-2H3,(H,20,21). The van der Waals surface area contributed by atoms with E-state index in [0.717, 1.165) is 0 Å². The Morgan fingerprint density at radius 2 is 1.73 bits per heavy atom. The van der Waals surface area contributed by atoms with Crippen molar-refractivity contribution >= 4 is 23.5 Å². The molecule has 2 rings (SSSR count). The maximum atomic E-state index is 12.0. The van der Waals surface area contributed by atoms with Crippen molar-refractivity contribution < 1.29 is 28.6 Å². The van der Waals surface area contributed by atoms with Crippen LogP contribution in [0.15, 0.2) is 48.5 Å². The third-order valence-electron chi connectivity index (χ3n) is 3.34. The van der Waals surface area contributed by atoms with E-state index in [-0.39, 0.29) is 23.4 Å². The van der Waals surface area contributed by atoms with Crippen LogP contribution in [-0.2, 0) is 14.3 Å². The minimum Gasteiger partial charge on any atom is -0.497 e. The molecular weight excluding hydrogens is 338 g/mol. The predicted octanol–water partition coefficient (Wildman–Crippen LogP) is 2.67. The Bertz CT molecular complexity index is 802. The molecule has 0 spiro atoms. The van der Waals surface area contributed by atoms with E-state index in [9.17, 15) is 14.4 Å². The summed E-state index contributed by atoms with van der Waals surface area (Å²) < 4.78 is 15.0. The second-order valence-corrected chi connectivity index (χ2v) is 5.12. The molecule has 0 aliphatic heterocycles.